The van der Waals surface area contributed by atoms with Crippen LogP contribution in [0.3, 0.4) is 0 Å². The Morgan fingerprint density at radius 3 is 2.75 bits per heavy atom. The molecule has 0 aromatic carbocycles. The predicted octanol–water partition coefficient (Wildman–Crippen LogP) is 2.15. The van der Waals surface area contributed by atoms with E-state index in [9.17, 15) is 0 Å². The molecule has 0 amide bonds. The fourth-order valence-electron chi connectivity index (χ4n) is 2.98. The molecule has 0 radical (unpaired) electrons. The van der Waals surface area contributed by atoms with Gasteiger partial charge in [0.15, 0.2) is 0 Å². The molecule has 0 spiro atoms. The molecule has 1 saturated heterocycles. The van der Waals surface area contributed by atoms with Crippen molar-refractivity contribution in [3.63, 3.8) is 0 Å². The second-order valence-electron chi connectivity index (χ2n) is 6.77. The van der Waals surface area contributed by atoms with Crippen molar-refractivity contribution in [2.45, 2.75) is 45.2 Å². The molecule has 2 rings (SSSR count). The molecule has 1 fully saturated rings. The highest BCUT2D eigenvalue weighted by atomic mass is 32.2. The maximum Gasteiger partial charge on any atom is 0.0726 e. The van der Waals surface area contributed by atoms with E-state index in [1.54, 1.807) is 0 Å². The fraction of sp³-hybridized carbons (Fsp3) is 0.800. The van der Waals surface area contributed by atoms with Gasteiger partial charge in [0.25, 0.3) is 0 Å². The van der Waals surface area contributed by atoms with Crippen LogP contribution in [-0.4, -0.2) is 45.3 Å². The molecule has 114 valence electrons. The molecule has 5 heteroatoms. The highest BCUT2D eigenvalue weighted by Gasteiger charge is 2.32. The Bertz CT molecular complexity index is 449. The van der Waals surface area contributed by atoms with E-state index in [1.165, 1.54) is 22.8 Å². The summed E-state index contributed by atoms with van der Waals surface area (Å²) >= 11 is 2.04. The van der Waals surface area contributed by atoms with Crippen LogP contribution in [0.25, 0.3) is 0 Å². The molecule has 2 atom stereocenters. The van der Waals surface area contributed by atoms with Gasteiger partial charge in [0.1, 0.15) is 0 Å². The number of aromatic nitrogens is 2. The highest BCUT2D eigenvalue weighted by molar-refractivity contribution is 7.99. The lowest BCUT2D eigenvalue weighted by Gasteiger charge is -2.39. The average Bonchev–Trinajstić information content (AvgIpc) is 2.74. The zero-order valence-electron chi connectivity index (χ0n) is 13.4. The van der Waals surface area contributed by atoms with Crippen molar-refractivity contribution in [3.8, 4) is 0 Å². The summed E-state index contributed by atoms with van der Waals surface area (Å²) in [6.07, 6.45) is 2.16. The Morgan fingerprint density at radius 2 is 2.20 bits per heavy atom. The van der Waals surface area contributed by atoms with Crippen LogP contribution < -0.4 is 5.73 Å². The molecule has 1 aromatic rings. The summed E-state index contributed by atoms with van der Waals surface area (Å²) in [4.78, 5) is 2.56. The Balaban J connectivity index is 2.36. The Kier molecular flexibility index (Phi) is 4.82. The number of hydrogen-bond acceptors (Lipinski definition) is 4. The number of thioether (sulfide) groups is 1. The van der Waals surface area contributed by atoms with Crippen LogP contribution in [0.5, 0.6) is 0 Å². The first kappa shape index (κ1) is 15.9. The van der Waals surface area contributed by atoms with E-state index >= 15 is 0 Å². The largest absolute Gasteiger partial charge is 0.329 e. The third kappa shape index (κ3) is 3.21. The highest BCUT2D eigenvalue weighted by Crippen LogP contribution is 2.33. The van der Waals surface area contributed by atoms with Gasteiger partial charge in [-0.1, -0.05) is 20.8 Å². The van der Waals surface area contributed by atoms with Gasteiger partial charge >= 0.3 is 0 Å². The first-order chi connectivity index (χ1) is 9.34. The topological polar surface area (TPSA) is 47.1 Å². The van der Waals surface area contributed by atoms with Gasteiger partial charge in [-0.15, -0.1) is 0 Å². The van der Waals surface area contributed by atoms with Crippen molar-refractivity contribution in [1.82, 2.24) is 14.7 Å². The molecule has 1 aliphatic heterocycles. The third-order valence-corrected chi connectivity index (χ3v) is 5.16. The molecule has 2 N–H and O–H groups in total. The molecule has 2 unspecified atom stereocenters. The summed E-state index contributed by atoms with van der Waals surface area (Å²) in [5.74, 6) is 2.40. The standard InChI is InChI=1S/C15H28N4S/c1-11-10-20-7-6-19(11)13(8-16)12-9-18(5)17-14(12)15(2,3)4/h9,11,13H,6-8,10,16H2,1-5H3. The monoisotopic (exact) mass is 296 g/mol. The summed E-state index contributed by atoms with van der Waals surface area (Å²) in [7, 11) is 2.00. The van der Waals surface area contributed by atoms with E-state index in [4.69, 9.17) is 10.8 Å². The van der Waals surface area contributed by atoms with Crippen LogP contribution in [0.4, 0.5) is 0 Å². The zero-order chi connectivity index (χ0) is 14.9. The predicted molar refractivity (Wildman–Crippen MR) is 87.2 cm³/mol. The van der Waals surface area contributed by atoms with Gasteiger partial charge in [-0.3, -0.25) is 9.58 Å². The van der Waals surface area contributed by atoms with Crippen molar-refractivity contribution in [2.24, 2.45) is 12.8 Å². The number of aryl methyl sites for hydroxylation is 1. The van der Waals surface area contributed by atoms with Crippen LogP contribution >= 0.6 is 11.8 Å². The van der Waals surface area contributed by atoms with Gasteiger partial charge in [-0.25, -0.2) is 0 Å². The fourth-order valence-corrected chi connectivity index (χ4v) is 4.02. The van der Waals surface area contributed by atoms with Crippen LogP contribution in [0.15, 0.2) is 6.20 Å². The Labute approximate surface area is 127 Å². The van der Waals surface area contributed by atoms with Gasteiger partial charge in [-0.05, 0) is 6.92 Å². The quantitative estimate of drug-likeness (QED) is 0.928. The van der Waals surface area contributed by atoms with Crippen LogP contribution in [0, 0.1) is 0 Å². The normalized spacial score (nSPS) is 23.0. The second-order valence-corrected chi connectivity index (χ2v) is 7.92. The summed E-state index contributed by atoms with van der Waals surface area (Å²) in [6, 6.07) is 0.865. The molecular weight excluding hydrogens is 268 g/mol. The molecule has 0 aliphatic carbocycles. The van der Waals surface area contributed by atoms with Gasteiger partial charge < -0.3 is 5.73 Å². The van der Waals surface area contributed by atoms with Crippen molar-refractivity contribution >= 4 is 11.8 Å². The third-order valence-electron chi connectivity index (χ3n) is 3.97. The van der Waals surface area contributed by atoms with Gasteiger partial charge in [0, 0.05) is 54.9 Å². The lowest BCUT2D eigenvalue weighted by molar-refractivity contribution is 0.164. The lowest BCUT2D eigenvalue weighted by atomic mass is 9.87. The minimum Gasteiger partial charge on any atom is -0.329 e. The van der Waals surface area contributed by atoms with Crippen molar-refractivity contribution in [2.75, 3.05) is 24.6 Å². The van der Waals surface area contributed by atoms with Crippen LogP contribution in [0.2, 0.25) is 0 Å². The summed E-state index contributed by atoms with van der Waals surface area (Å²) in [5, 5.41) is 4.70. The smallest absolute Gasteiger partial charge is 0.0726 e. The van der Waals surface area contributed by atoms with E-state index in [-0.39, 0.29) is 11.5 Å². The summed E-state index contributed by atoms with van der Waals surface area (Å²) in [5.41, 5.74) is 8.68. The first-order valence-corrected chi connectivity index (χ1v) is 8.57. The van der Waals surface area contributed by atoms with Crippen LogP contribution in [-0.2, 0) is 12.5 Å². The Hall–Kier alpha value is -0.520. The van der Waals surface area contributed by atoms with Crippen molar-refractivity contribution in [1.29, 1.82) is 0 Å². The number of hydrogen-bond donors (Lipinski definition) is 1. The Morgan fingerprint density at radius 1 is 1.50 bits per heavy atom. The molecule has 0 bridgehead atoms. The summed E-state index contributed by atoms with van der Waals surface area (Å²) < 4.78 is 1.93. The van der Waals surface area contributed by atoms with E-state index in [0.29, 0.717) is 12.6 Å². The van der Waals surface area contributed by atoms with Gasteiger partial charge in [0.2, 0.25) is 0 Å². The maximum atomic E-state index is 6.13. The molecular formula is C15H28N4S. The SMILES string of the molecule is CC1CSCCN1C(CN)c1cn(C)nc1C(C)(C)C. The molecule has 0 saturated carbocycles. The number of rotatable bonds is 3. The number of nitrogens with zero attached hydrogens (tertiary/aromatic N) is 3. The van der Waals surface area contributed by atoms with E-state index in [1.807, 2.05) is 23.5 Å². The molecule has 1 aromatic heterocycles. The molecule has 2 heterocycles. The average molecular weight is 296 g/mol. The van der Waals surface area contributed by atoms with E-state index in [0.717, 1.165) is 6.54 Å². The lowest BCUT2D eigenvalue weighted by Crippen LogP contribution is -2.45. The molecule has 4 nitrogen and oxygen atoms in total. The van der Waals surface area contributed by atoms with E-state index in [2.05, 4.69) is 38.8 Å². The second kappa shape index (κ2) is 6.08. The zero-order valence-corrected chi connectivity index (χ0v) is 14.2. The first-order valence-electron chi connectivity index (χ1n) is 7.42. The minimum atomic E-state index is 0.0534. The molecule has 1 aliphatic rings. The number of nitrogens with two attached hydrogens (primary N) is 1. The summed E-state index contributed by atoms with van der Waals surface area (Å²) in [6.45, 7) is 10.8. The van der Waals surface area contributed by atoms with Crippen molar-refractivity contribution in [3.05, 3.63) is 17.5 Å². The van der Waals surface area contributed by atoms with Gasteiger partial charge in [0.05, 0.1) is 11.7 Å². The van der Waals surface area contributed by atoms with Gasteiger partial charge in [-0.2, -0.15) is 16.9 Å². The minimum absolute atomic E-state index is 0.0534. The van der Waals surface area contributed by atoms with Crippen molar-refractivity contribution < 1.29 is 0 Å². The molecule has 20 heavy (non-hydrogen) atoms. The van der Waals surface area contributed by atoms with Crippen LogP contribution in [0.1, 0.15) is 45.0 Å². The van der Waals surface area contributed by atoms with E-state index < -0.39 is 0 Å². The maximum absolute atomic E-state index is 6.13.